The molecule has 2 heterocycles. The normalized spacial score (nSPS) is 13.6. The van der Waals surface area contributed by atoms with Gasteiger partial charge in [-0.1, -0.05) is 19.1 Å². The topological polar surface area (TPSA) is 113 Å². The number of nitrogens with zero attached hydrogens (tertiary/aromatic N) is 3. The molecule has 3 aromatic rings. The molecule has 1 aliphatic heterocycles. The highest BCUT2D eigenvalue weighted by atomic mass is 19.1. The molecule has 41 heavy (non-hydrogen) atoms. The number of halogens is 1. The van der Waals surface area contributed by atoms with E-state index in [0.717, 1.165) is 5.56 Å². The van der Waals surface area contributed by atoms with Crippen LogP contribution in [0.2, 0.25) is 0 Å². The Morgan fingerprint density at radius 2 is 1.88 bits per heavy atom. The molecule has 0 spiro atoms. The molecule has 10 nitrogen and oxygen atoms in total. The molecule has 4 rings (SSSR count). The molecule has 0 radical (unpaired) electrons. The minimum atomic E-state index is -0.654. The molecule has 0 aliphatic carbocycles. The smallest absolute Gasteiger partial charge is 0.259 e. The number of rotatable bonds is 9. The van der Waals surface area contributed by atoms with E-state index in [1.54, 1.807) is 57.4 Å². The van der Waals surface area contributed by atoms with Crippen LogP contribution in [0, 0.1) is 18.2 Å². The molecule has 2 N–H and O–H groups in total. The van der Waals surface area contributed by atoms with E-state index in [1.165, 1.54) is 34.4 Å². The van der Waals surface area contributed by atoms with Crippen LogP contribution in [0.4, 0.5) is 33.0 Å². The maximum Gasteiger partial charge on any atom is 0.259 e. The van der Waals surface area contributed by atoms with Gasteiger partial charge in [0.1, 0.15) is 17.2 Å². The van der Waals surface area contributed by atoms with Gasteiger partial charge < -0.3 is 20.3 Å². The molecule has 0 saturated carbocycles. The predicted molar refractivity (Wildman–Crippen MR) is 156 cm³/mol. The van der Waals surface area contributed by atoms with E-state index in [9.17, 15) is 19.2 Å². The maximum atomic E-state index is 15.0. The van der Waals surface area contributed by atoms with Crippen LogP contribution >= 0.6 is 0 Å². The van der Waals surface area contributed by atoms with Gasteiger partial charge in [-0.05, 0) is 56.2 Å². The zero-order chi connectivity index (χ0) is 30.1. The Kier molecular flexibility index (Phi) is 8.29. The van der Waals surface area contributed by atoms with Gasteiger partial charge in [0.05, 0.1) is 35.7 Å². The van der Waals surface area contributed by atoms with E-state index in [0.29, 0.717) is 37.4 Å². The summed E-state index contributed by atoms with van der Waals surface area (Å²) >= 11 is 0. The highest BCUT2D eigenvalue weighted by molar-refractivity contribution is 6.09. The van der Waals surface area contributed by atoms with Crippen molar-refractivity contribution in [1.82, 2.24) is 9.47 Å². The molecular weight excluding hydrogens is 529 g/mol. The van der Waals surface area contributed by atoms with Gasteiger partial charge >= 0.3 is 0 Å². The van der Waals surface area contributed by atoms with Crippen LogP contribution in [0.1, 0.15) is 35.3 Å². The van der Waals surface area contributed by atoms with Gasteiger partial charge in [0.15, 0.2) is 0 Å². The molecule has 0 bridgehead atoms. The monoisotopic (exact) mass is 563 g/mol. The van der Waals surface area contributed by atoms with Crippen LogP contribution in [-0.4, -0.2) is 55.0 Å². The summed E-state index contributed by atoms with van der Waals surface area (Å²) in [6.45, 7) is 5.83. The fraction of sp³-hybridized carbons (Fsp3) is 0.333. The summed E-state index contributed by atoms with van der Waals surface area (Å²) in [5.74, 6) is -1.27. The average molecular weight is 564 g/mol. The number of carbonyl (C=O) groups is 3. The number of nitrogens with one attached hydrogen (secondary N) is 2. The summed E-state index contributed by atoms with van der Waals surface area (Å²) in [4.78, 5) is 55.0. The first-order valence-corrected chi connectivity index (χ1v) is 13.2. The zero-order valence-corrected chi connectivity index (χ0v) is 24.0. The molecule has 1 fully saturated rings. The molecule has 1 saturated heterocycles. The van der Waals surface area contributed by atoms with Crippen LogP contribution in [0.25, 0.3) is 0 Å². The summed E-state index contributed by atoms with van der Waals surface area (Å²) in [6.07, 6.45) is 1.13. The van der Waals surface area contributed by atoms with Crippen molar-refractivity contribution in [2.24, 2.45) is 12.5 Å². The van der Waals surface area contributed by atoms with Crippen LogP contribution in [-0.2, 0) is 27.8 Å². The van der Waals surface area contributed by atoms with Crippen molar-refractivity contribution >= 4 is 46.8 Å². The number of pyridine rings is 1. The Balaban J connectivity index is 1.88. The Hall–Kier alpha value is -4.51. The second-order valence-electron chi connectivity index (χ2n) is 10.6. The first-order valence-electron chi connectivity index (χ1n) is 13.2. The number of amides is 3. The Bertz CT molecular complexity index is 1580. The Morgan fingerprint density at radius 1 is 1.17 bits per heavy atom. The van der Waals surface area contributed by atoms with Crippen molar-refractivity contribution in [3.8, 4) is 0 Å². The molecule has 216 valence electrons. The lowest BCUT2D eigenvalue weighted by Gasteiger charge is -2.36. The zero-order valence-electron chi connectivity index (χ0n) is 24.0. The van der Waals surface area contributed by atoms with Crippen LogP contribution in [0.15, 0.2) is 47.3 Å². The number of ether oxygens (including phenoxy) is 1. The van der Waals surface area contributed by atoms with Crippen molar-refractivity contribution in [3.05, 3.63) is 75.3 Å². The number of benzene rings is 2. The van der Waals surface area contributed by atoms with Gasteiger partial charge in [0, 0.05) is 32.4 Å². The van der Waals surface area contributed by atoms with Crippen molar-refractivity contribution in [2.45, 2.75) is 27.2 Å². The lowest BCUT2D eigenvalue weighted by molar-refractivity contribution is -0.151. The van der Waals surface area contributed by atoms with Crippen molar-refractivity contribution in [2.75, 3.05) is 42.8 Å². The van der Waals surface area contributed by atoms with Crippen molar-refractivity contribution < 1.29 is 23.5 Å². The van der Waals surface area contributed by atoms with Crippen LogP contribution in [0.3, 0.4) is 0 Å². The third kappa shape index (κ3) is 5.58. The van der Waals surface area contributed by atoms with E-state index in [4.69, 9.17) is 4.74 Å². The molecule has 3 amide bonds. The predicted octanol–water partition coefficient (Wildman–Crippen LogP) is 4.11. The number of carbonyl (C=O) groups excluding carboxylic acids is 3. The lowest BCUT2D eigenvalue weighted by atomic mass is 9.87. The average Bonchev–Trinajstić information content (AvgIpc) is 2.93. The second-order valence-corrected chi connectivity index (χ2v) is 10.6. The van der Waals surface area contributed by atoms with Gasteiger partial charge in [0.25, 0.3) is 11.5 Å². The van der Waals surface area contributed by atoms with Crippen molar-refractivity contribution in [1.29, 1.82) is 0 Å². The summed E-state index contributed by atoms with van der Waals surface area (Å²) in [7, 11) is 4.55. The highest BCUT2D eigenvalue weighted by Gasteiger charge is 2.41. The summed E-state index contributed by atoms with van der Waals surface area (Å²) in [5.41, 5.74) is 0.603. The molecule has 0 unspecified atom stereocenters. The van der Waals surface area contributed by atoms with E-state index in [2.05, 4.69) is 10.6 Å². The van der Waals surface area contributed by atoms with Gasteiger partial charge in [-0.25, -0.2) is 4.39 Å². The SMILES string of the molecule is CCc1ccc(Nc2c(C(=O)N(C)C)c(N(C=O)c3cccc(NC(=O)C4(C)COC4)c3)c(C)c(=O)n2C)c(F)c1. The third-order valence-corrected chi connectivity index (χ3v) is 7.22. The van der Waals surface area contributed by atoms with Gasteiger partial charge in [-0.15, -0.1) is 0 Å². The minimum Gasteiger partial charge on any atom is -0.379 e. The molecule has 11 heteroatoms. The van der Waals surface area contributed by atoms with Gasteiger partial charge in [-0.3, -0.25) is 28.6 Å². The molecule has 1 aromatic heterocycles. The van der Waals surface area contributed by atoms with E-state index in [-0.39, 0.29) is 34.2 Å². The standard InChI is InChI=1S/C30H34FN5O5/c1-7-19-11-12-23(22(31)13-19)33-26-24(28(39)34(4)5)25(18(2)27(38)35(26)6)36(17-37)21-10-8-9-20(14-21)32-29(40)30(3)15-41-16-30/h8-14,17,33H,7,15-16H2,1-6H3,(H,32,40). The Labute approximate surface area is 237 Å². The summed E-state index contributed by atoms with van der Waals surface area (Å²) in [5, 5.41) is 5.78. The molecule has 0 atom stereocenters. The molecule has 2 aromatic carbocycles. The van der Waals surface area contributed by atoms with E-state index < -0.39 is 22.7 Å². The second kappa shape index (κ2) is 11.5. The fourth-order valence-corrected chi connectivity index (χ4v) is 4.60. The van der Waals surface area contributed by atoms with E-state index >= 15 is 4.39 Å². The fourth-order valence-electron chi connectivity index (χ4n) is 4.60. The number of anilines is 5. The number of aryl methyl sites for hydroxylation is 1. The first-order chi connectivity index (χ1) is 19.4. The number of hydrogen-bond acceptors (Lipinski definition) is 6. The van der Waals surface area contributed by atoms with Crippen LogP contribution < -0.4 is 21.1 Å². The van der Waals surface area contributed by atoms with Crippen LogP contribution in [0.5, 0.6) is 0 Å². The quantitative estimate of drug-likeness (QED) is 0.379. The number of hydrogen-bond donors (Lipinski definition) is 2. The summed E-state index contributed by atoms with van der Waals surface area (Å²) < 4.78 is 21.4. The molecule has 1 aliphatic rings. The lowest BCUT2D eigenvalue weighted by Crippen LogP contribution is -2.49. The van der Waals surface area contributed by atoms with Gasteiger partial charge in [0.2, 0.25) is 12.3 Å². The Morgan fingerprint density at radius 3 is 2.44 bits per heavy atom. The molecular formula is C30H34FN5O5. The highest BCUT2D eigenvalue weighted by Crippen LogP contribution is 2.37. The van der Waals surface area contributed by atoms with Gasteiger partial charge in [-0.2, -0.15) is 0 Å². The van der Waals surface area contributed by atoms with E-state index in [1.807, 2.05) is 6.92 Å². The maximum absolute atomic E-state index is 15.0. The van der Waals surface area contributed by atoms with Crippen molar-refractivity contribution in [3.63, 3.8) is 0 Å². The summed E-state index contributed by atoms with van der Waals surface area (Å²) in [6, 6.07) is 11.2. The first kappa shape index (κ1) is 29.5. The largest absolute Gasteiger partial charge is 0.379 e. The number of aromatic nitrogens is 1. The third-order valence-electron chi connectivity index (χ3n) is 7.22. The minimum absolute atomic E-state index is 0.00534.